The van der Waals surface area contributed by atoms with Gasteiger partial charge in [0.05, 0.1) is 11.7 Å². The normalized spacial score (nSPS) is 19.4. The van der Waals surface area contributed by atoms with Crippen LogP contribution in [0.1, 0.15) is 63.0 Å². The molecule has 0 bridgehead atoms. The van der Waals surface area contributed by atoms with E-state index in [2.05, 4.69) is 28.3 Å². The minimum atomic E-state index is 0.412. The van der Waals surface area contributed by atoms with Gasteiger partial charge in [0.25, 0.3) is 0 Å². The highest BCUT2D eigenvalue weighted by Gasteiger charge is 2.24. The Morgan fingerprint density at radius 2 is 2.00 bits per heavy atom. The van der Waals surface area contributed by atoms with Crippen molar-refractivity contribution in [3.05, 3.63) is 23.8 Å². The number of aromatic nitrogens is 2. The molecular formula is C15H25N3. The molecule has 1 saturated carbocycles. The van der Waals surface area contributed by atoms with Crippen LogP contribution in [0.25, 0.3) is 0 Å². The van der Waals surface area contributed by atoms with E-state index in [9.17, 15) is 0 Å². The van der Waals surface area contributed by atoms with Crippen LogP contribution in [-0.2, 0) is 0 Å². The Morgan fingerprint density at radius 1 is 1.28 bits per heavy atom. The molecular weight excluding hydrogens is 222 g/mol. The molecule has 1 N–H and O–H groups in total. The summed E-state index contributed by atoms with van der Waals surface area (Å²) in [6.45, 7) is 5.15. The lowest BCUT2D eigenvalue weighted by Gasteiger charge is -2.26. The Kier molecular flexibility index (Phi) is 5.12. The number of aryl methyl sites for hydroxylation is 1. The molecule has 0 amide bonds. The van der Waals surface area contributed by atoms with Gasteiger partial charge in [-0.15, -0.1) is 0 Å². The average molecular weight is 247 g/mol. The fourth-order valence-electron chi connectivity index (χ4n) is 3.02. The minimum Gasteiger partial charge on any atom is -0.309 e. The van der Waals surface area contributed by atoms with Crippen LogP contribution in [0.3, 0.4) is 0 Å². The van der Waals surface area contributed by atoms with Crippen molar-refractivity contribution < 1.29 is 0 Å². The van der Waals surface area contributed by atoms with Gasteiger partial charge in [-0.2, -0.15) is 0 Å². The molecule has 0 aromatic carbocycles. The second-order valence-corrected chi connectivity index (χ2v) is 5.32. The summed E-state index contributed by atoms with van der Waals surface area (Å²) in [5, 5.41) is 3.63. The molecule has 3 nitrogen and oxygen atoms in total. The van der Waals surface area contributed by atoms with E-state index in [1.54, 1.807) is 0 Å². The topological polar surface area (TPSA) is 37.8 Å². The van der Waals surface area contributed by atoms with Gasteiger partial charge in [0.1, 0.15) is 5.82 Å². The SMILES string of the molecule is CCNC(c1ccnc(C)n1)C1CCCCCC1. The lowest BCUT2D eigenvalue weighted by atomic mass is 9.89. The van der Waals surface area contributed by atoms with Gasteiger partial charge >= 0.3 is 0 Å². The van der Waals surface area contributed by atoms with E-state index >= 15 is 0 Å². The summed E-state index contributed by atoms with van der Waals surface area (Å²) in [6.07, 6.45) is 10.1. The first-order valence-corrected chi connectivity index (χ1v) is 7.34. The smallest absolute Gasteiger partial charge is 0.125 e. The van der Waals surface area contributed by atoms with Gasteiger partial charge in [0.15, 0.2) is 0 Å². The van der Waals surface area contributed by atoms with Crippen LogP contribution in [0, 0.1) is 12.8 Å². The van der Waals surface area contributed by atoms with Crippen LogP contribution in [-0.4, -0.2) is 16.5 Å². The van der Waals surface area contributed by atoms with Gasteiger partial charge in [0, 0.05) is 6.20 Å². The summed E-state index contributed by atoms with van der Waals surface area (Å²) in [5.41, 5.74) is 1.18. The standard InChI is InChI=1S/C15H25N3/c1-3-16-15(13-8-6-4-5-7-9-13)14-10-11-17-12(2)18-14/h10-11,13,15-16H,3-9H2,1-2H3. The number of hydrogen-bond acceptors (Lipinski definition) is 3. The van der Waals surface area contributed by atoms with Crippen LogP contribution in [0.5, 0.6) is 0 Å². The third-order valence-corrected chi connectivity index (χ3v) is 3.91. The van der Waals surface area contributed by atoms with Crippen LogP contribution in [0.4, 0.5) is 0 Å². The molecule has 1 fully saturated rings. The molecule has 0 aliphatic heterocycles. The Balaban J connectivity index is 2.15. The molecule has 0 saturated heterocycles. The van der Waals surface area contributed by atoms with Crippen LogP contribution in [0.15, 0.2) is 12.3 Å². The van der Waals surface area contributed by atoms with Crippen molar-refractivity contribution in [1.82, 2.24) is 15.3 Å². The zero-order valence-electron chi connectivity index (χ0n) is 11.7. The van der Waals surface area contributed by atoms with Crippen molar-refractivity contribution in [1.29, 1.82) is 0 Å². The molecule has 1 aliphatic rings. The number of hydrogen-bond donors (Lipinski definition) is 1. The molecule has 1 atom stereocenters. The summed E-state index contributed by atoms with van der Waals surface area (Å²) < 4.78 is 0. The first-order valence-electron chi connectivity index (χ1n) is 7.34. The second kappa shape index (κ2) is 6.83. The number of nitrogens with zero attached hydrogens (tertiary/aromatic N) is 2. The fourth-order valence-corrected chi connectivity index (χ4v) is 3.02. The summed E-state index contributed by atoms with van der Waals surface area (Å²) in [6, 6.07) is 2.49. The second-order valence-electron chi connectivity index (χ2n) is 5.32. The molecule has 1 aromatic rings. The third-order valence-electron chi connectivity index (χ3n) is 3.91. The monoisotopic (exact) mass is 247 g/mol. The lowest BCUT2D eigenvalue weighted by molar-refractivity contribution is 0.324. The van der Waals surface area contributed by atoms with Crippen molar-refractivity contribution in [3.8, 4) is 0 Å². The molecule has 0 radical (unpaired) electrons. The quantitative estimate of drug-likeness (QED) is 0.829. The Morgan fingerprint density at radius 3 is 2.61 bits per heavy atom. The van der Waals surface area contributed by atoms with Crippen molar-refractivity contribution in [2.75, 3.05) is 6.54 Å². The Hall–Kier alpha value is -0.960. The number of rotatable bonds is 4. The van der Waals surface area contributed by atoms with Gasteiger partial charge in [-0.25, -0.2) is 9.97 Å². The average Bonchev–Trinajstić information content (AvgIpc) is 2.64. The third kappa shape index (κ3) is 3.52. The molecule has 1 heterocycles. The maximum atomic E-state index is 4.62. The predicted octanol–water partition coefficient (Wildman–Crippen LogP) is 3.41. The van der Waals surface area contributed by atoms with Crippen molar-refractivity contribution >= 4 is 0 Å². The first kappa shape index (κ1) is 13.5. The van der Waals surface area contributed by atoms with Crippen LogP contribution >= 0.6 is 0 Å². The van der Waals surface area contributed by atoms with Gasteiger partial charge in [-0.05, 0) is 38.3 Å². The molecule has 0 spiro atoms. The van der Waals surface area contributed by atoms with Gasteiger partial charge < -0.3 is 5.32 Å². The Labute approximate surface area is 110 Å². The molecule has 18 heavy (non-hydrogen) atoms. The molecule has 3 heteroatoms. The minimum absolute atomic E-state index is 0.412. The van der Waals surface area contributed by atoms with Crippen LogP contribution in [0.2, 0.25) is 0 Å². The van der Waals surface area contributed by atoms with Crippen LogP contribution < -0.4 is 5.32 Å². The largest absolute Gasteiger partial charge is 0.309 e. The van der Waals surface area contributed by atoms with E-state index in [-0.39, 0.29) is 0 Å². The van der Waals surface area contributed by atoms with E-state index in [4.69, 9.17) is 0 Å². The van der Waals surface area contributed by atoms with E-state index in [0.717, 1.165) is 18.3 Å². The maximum absolute atomic E-state index is 4.62. The molecule has 1 aliphatic carbocycles. The molecule has 1 unspecified atom stereocenters. The van der Waals surface area contributed by atoms with E-state index in [1.807, 2.05) is 13.1 Å². The van der Waals surface area contributed by atoms with Gasteiger partial charge in [-0.3, -0.25) is 0 Å². The van der Waals surface area contributed by atoms with E-state index < -0.39 is 0 Å². The summed E-state index contributed by atoms with van der Waals surface area (Å²) in [4.78, 5) is 8.83. The first-order chi connectivity index (χ1) is 8.81. The zero-order chi connectivity index (χ0) is 12.8. The highest BCUT2D eigenvalue weighted by Crippen LogP contribution is 2.32. The van der Waals surface area contributed by atoms with Gasteiger partial charge in [0.2, 0.25) is 0 Å². The van der Waals surface area contributed by atoms with Crippen molar-refractivity contribution in [2.45, 2.75) is 58.4 Å². The van der Waals surface area contributed by atoms with Gasteiger partial charge in [-0.1, -0.05) is 32.6 Å². The highest BCUT2D eigenvalue weighted by atomic mass is 15.0. The van der Waals surface area contributed by atoms with Crippen molar-refractivity contribution in [2.24, 2.45) is 5.92 Å². The fraction of sp³-hybridized carbons (Fsp3) is 0.733. The summed E-state index contributed by atoms with van der Waals surface area (Å²) in [5.74, 6) is 1.62. The van der Waals surface area contributed by atoms with Crippen molar-refractivity contribution in [3.63, 3.8) is 0 Å². The predicted molar refractivity (Wildman–Crippen MR) is 74.4 cm³/mol. The lowest BCUT2D eigenvalue weighted by Crippen LogP contribution is -2.29. The number of nitrogens with one attached hydrogen (secondary N) is 1. The van der Waals surface area contributed by atoms with E-state index in [1.165, 1.54) is 44.2 Å². The molecule has 2 rings (SSSR count). The summed E-state index contributed by atoms with van der Waals surface area (Å²) >= 11 is 0. The summed E-state index contributed by atoms with van der Waals surface area (Å²) in [7, 11) is 0. The maximum Gasteiger partial charge on any atom is 0.125 e. The Bertz CT molecular complexity index is 357. The molecule has 100 valence electrons. The van der Waals surface area contributed by atoms with E-state index in [0.29, 0.717) is 6.04 Å². The zero-order valence-corrected chi connectivity index (χ0v) is 11.7. The molecule has 1 aromatic heterocycles. The highest BCUT2D eigenvalue weighted by molar-refractivity contribution is 5.09.